The molecule has 1 saturated heterocycles. The van der Waals surface area contributed by atoms with Gasteiger partial charge >= 0.3 is 5.97 Å². The molecule has 45 valence electrons. The highest BCUT2D eigenvalue weighted by molar-refractivity contribution is 5.72. The number of nitrogens with one attached hydrogen (secondary N) is 2. The molecule has 1 rings (SSSR count). The summed E-state index contributed by atoms with van der Waals surface area (Å²) in [5, 5.41) is 15.3. The van der Waals surface area contributed by atoms with E-state index in [1.54, 1.807) is 0 Å². The van der Waals surface area contributed by atoms with Gasteiger partial charge in [0.25, 0.3) is 0 Å². The topological polar surface area (TPSA) is 61.0 Å². The summed E-state index contributed by atoms with van der Waals surface area (Å²) in [7, 11) is 0. The summed E-state index contributed by atoms with van der Waals surface area (Å²) in [5.41, 5.74) is 0. The summed E-state index contributed by atoms with van der Waals surface area (Å²) in [6.45, 7) is 1.41. The lowest BCUT2D eigenvalue weighted by molar-refractivity contribution is -0.145. The van der Waals surface area contributed by atoms with E-state index in [1.807, 2.05) is 0 Å². The van der Waals surface area contributed by atoms with E-state index in [2.05, 4.69) is 10.6 Å². The first kappa shape index (κ1) is 5.53. The Kier molecular flexibility index (Phi) is 1.45. The van der Waals surface area contributed by atoms with Gasteiger partial charge in [0, 0.05) is 13.1 Å². The van der Waals surface area contributed by atoms with Crippen LogP contribution in [0.3, 0.4) is 0 Å². The lowest BCUT2D eigenvalue weighted by atomic mass is 10.5. The zero-order valence-electron chi connectivity index (χ0n) is 4.31. The monoisotopic (exact) mass is 115 g/mol. The molecule has 2 N–H and O–H groups in total. The molecule has 1 fully saturated rings. The van der Waals surface area contributed by atoms with Gasteiger partial charge in [0.1, 0.15) is 0 Å². The fraction of sp³-hybridized carbons (Fsp3) is 0.750. The molecular formula is C4H7N2O2. The Morgan fingerprint density at radius 1 is 1.38 bits per heavy atom. The molecular weight excluding hydrogens is 108 g/mol. The molecule has 0 aromatic rings. The van der Waals surface area contributed by atoms with Crippen molar-refractivity contribution in [2.45, 2.75) is 6.17 Å². The Morgan fingerprint density at radius 2 is 1.88 bits per heavy atom. The fourth-order valence-electron chi connectivity index (χ4n) is 0.672. The Hall–Kier alpha value is -0.610. The number of rotatable bonds is 1. The average molecular weight is 115 g/mol. The Bertz CT molecular complexity index is 98.2. The maximum absolute atomic E-state index is 9.97. The molecule has 1 aliphatic heterocycles. The molecule has 0 unspecified atom stereocenters. The minimum atomic E-state index is -1.08. The SMILES string of the molecule is [O]C(=O)C1NCCN1. The largest absolute Gasteiger partial charge is 0.386 e. The predicted octanol–water partition coefficient (Wildman–Crippen LogP) is -1.54. The normalized spacial score (nSPS) is 21.5. The van der Waals surface area contributed by atoms with Gasteiger partial charge in [0.2, 0.25) is 0 Å². The van der Waals surface area contributed by atoms with E-state index in [9.17, 15) is 9.90 Å². The minimum absolute atomic E-state index is 0.630. The van der Waals surface area contributed by atoms with Crippen LogP contribution in [0.1, 0.15) is 0 Å². The van der Waals surface area contributed by atoms with E-state index in [4.69, 9.17) is 0 Å². The quantitative estimate of drug-likeness (QED) is 0.435. The molecule has 0 spiro atoms. The van der Waals surface area contributed by atoms with E-state index in [-0.39, 0.29) is 0 Å². The predicted molar refractivity (Wildman–Crippen MR) is 25.5 cm³/mol. The van der Waals surface area contributed by atoms with Crippen LogP contribution in [0.5, 0.6) is 0 Å². The van der Waals surface area contributed by atoms with Gasteiger partial charge in [-0.15, -0.1) is 0 Å². The number of carbonyl (C=O) groups excluding carboxylic acids is 1. The van der Waals surface area contributed by atoms with Crippen molar-refractivity contribution in [3.05, 3.63) is 0 Å². The molecule has 4 heteroatoms. The molecule has 0 aromatic carbocycles. The Balaban J connectivity index is 2.35. The van der Waals surface area contributed by atoms with E-state index in [1.165, 1.54) is 0 Å². The molecule has 0 amide bonds. The van der Waals surface area contributed by atoms with Crippen LogP contribution in [0.2, 0.25) is 0 Å². The van der Waals surface area contributed by atoms with E-state index < -0.39 is 12.1 Å². The van der Waals surface area contributed by atoms with Crippen molar-refractivity contribution in [1.29, 1.82) is 0 Å². The summed E-state index contributed by atoms with van der Waals surface area (Å²) < 4.78 is 0. The fourth-order valence-corrected chi connectivity index (χ4v) is 0.672. The molecule has 1 heterocycles. The average Bonchev–Trinajstić information content (AvgIpc) is 2.12. The number of hydrogen-bond donors (Lipinski definition) is 2. The first-order valence-corrected chi connectivity index (χ1v) is 2.48. The van der Waals surface area contributed by atoms with Crippen molar-refractivity contribution in [3.8, 4) is 0 Å². The third-order valence-corrected chi connectivity index (χ3v) is 1.06. The maximum atomic E-state index is 9.97. The van der Waals surface area contributed by atoms with Gasteiger partial charge < -0.3 is 0 Å². The summed E-state index contributed by atoms with van der Waals surface area (Å²) in [4.78, 5) is 9.97. The second-order valence-electron chi connectivity index (χ2n) is 1.66. The third-order valence-electron chi connectivity index (χ3n) is 1.06. The summed E-state index contributed by atoms with van der Waals surface area (Å²) in [6.07, 6.45) is -0.630. The summed E-state index contributed by atoms with van der Waals surface area (Å²) in [6, 6.07) is 0. The minimum Gasteiger partial charge on any atom is -0.291 e. The molecule has 8 heavy (non-hydrogen) atoms. The molecule has 1 radical (unpaired) electrons. The smallest absolute Gasteiger partial charge is 0.291 e. The first-order valence-electron chi connectivity index (χ1n) is 2.48. The van der Waals surface area contributed by atoms with Crippen molar-refractivity contribution in [2.24, 2.45) is 0 Å². The Labute approximate surface area is 46.9 Å². The molecule has 4 nitrogen and oxygen atoms in total. The van der Waals surface area contributed by atoms with Crippen molar-refractivity contribution in [3.63, 3.8) is 0 Å². The third kappa shape index (κ3) is 0.962. The second-order valence-corrected chi connectivity index (χ2v) is 1.66. The van der Waals surface area contributed by atoms with Crippen molar-refractivity contribution in [1.82, 2.24) is 10.6 Å². The van der Waals surface area contributed by atoms with Crippen LogP contribution >= 0.6 is 0 Å². The van der Waals surface area contributed by atoms with Crippen molar-refractivity contribution < 1.29 is 9.90 Å². The molecule has 1 aliphatic rings. The highest BCUT2D eigenvalue weighted by atomic mass is 16.4. The van der Waals surface area contributed by atoms with Crippen LogP contribution < -0.4 is 10.6 Å². The van der Waals surface area contributed by atoms with E-state index in [0.29, 0.717) is 13.1 Å². The lowest BCUT2D eigenvalue weighted by Gasteiger charge is -1.98. The van der Waals surface area contributed by atoms with Crippen LogP contribution in [-0.4, -0.2) is 25.2 Å². The van der Waals surface area contributed by atoms with Crippen LogP contribution in [0, 0.1) is 0 Å². The Morgan fingerprint density at radius 3 is 2.12 bits per heavy atom. The van der Waals surface area contributed by atoms with Gasteiger partial charge in [-0.05, 0) is 0 Å². The van der Waals surface area contributed by atoms with Gasteiger partial charge in [-0.1, -0.05) is 0 Å². The summed E-state index contributed by atoms with van der Waals surface area (Å²) >= 11 is 0. The number of carbonyl (C=O) groups is 1. The highest BCUT2D eigenvalue weighted by Crippen LogP contribution is 1.83. The van der Waals surface area contributed by atoms with E-state index >= 15 is 0 Å². The highest BCUT2D eigenvalue weighted by Gasteiger charge is 2.21. The zero-order chi connectivity index (χ0) is 5.98. The standard InChI is InChI=1S/C4H7N2O2/c7-4(8)3-5-1-2-6-3/h3,5-6H,1-2H2. The van der Waals surface area contributed by atoms with Crippen molar-refractivity contribution in [2.75, 3.05) is 13.1 Å². The number of hydrogen-bond acceptors (Lipinski definition) is 3. The molecule has 0 saturated carbocycles. The molecule has 0 atom stereocenters. The van der Waals surface area contributed by atoms with Gasteiger partial charge in [-0.2, -0.15) is 0 Å². The second kappa shape index (κ2) is 2.11. The van der Waals surface area contributed by atoms with Gasteiger partial charge in [0.15, 0.2) is 6.17 Å². The summed E-state index contributed by atoms with van der Waals surface area (Å²) in [5.74, 6) is -1.08. The molecule has 0 aliphatic carbocycles. The molecule has 0 aromatic heterocycles. The first-order chi connectivity index (χ1) is 3.80. The lowest BCUT2D eigenvalue weighted by Crippen LogP contribution is -2.38. The van der Waals surface area contributed by atoms with Crippen LogP contribution in [0.4, 0.5) is 0 Å². The van der Waals surface area contributed by atoms with E-state index in [0.717, 1.165) is 0 Å². The maximum Gasteiger partial charge on any atom is 0.386 e. The molecule has 0 bridgehead atoms. The van der Waals surface area contributed by atoms with Crippen molar-refractivity contribution >= 4 is 5.97 Å². The van der Waals surface area contributed by atoms with Gasteiger partial charge in [0.05, 0.1) is 0 Å². The van der Waals surface area contributed by atoms with Gasteiger partial charge in [-0.25, -0.2) is 9.90 Å². The van der Waals surface area contributed by atoms with Crippen LogP contribution in [0.15, 0.2) is 0 Å². The van der Waals surface area contributed by atoms with Crippen LogP contribution in [-0.2, 0) is 9.90 Å². The van der Waals surface area contributed by atoms with Crippen LogP contribution in [0.25, 0.3) is 0 Å². The van der Waals surface area contributed by atoms with Gasteiger partial charge in [-0.3, -0.25) is 10.6 Å². The zero-order valence-corrected chi connectivity index (χ0v) is 4.31.